The van der Waals surface area contributed by atoms with Gasteiger partial charge in [-0.1, -0.05) is 44.2 Å². The van der Waals surface area contributed by atoms with E-state index in [4.69, 9.17) is 11.5 Å². The fraction of sp³-hybridized carbons (Fsp3) is 0.522. The van der Waals surface area contributed by atoms with E-state index in [-0.39, 0.29) is 31.6 Å². The first-order valence-corrected chi connectivity index (χ1v) is 11.1. The van der Waals surface area contributed by atoms with Gasteiger partial charge in [-0.25, -0.2) is 4.79 Å². The molecule has 8 N–H and O–H groups in total. The third-order valence-electron chi connectivity index (χ3n) is 5.03. The number of aliphatic carboxylic acids is 1. The van der Waals surface area contributed by atoms with E-state index >= 15 is 0 Å². The average molecular weight is 478 g/mol. The normalized spacial score (nSPS) is 14.4. The van der Waals surface area contributed by atoms with Gasteiger partial charge in [0.2, 0.25) is 23.6 Å². The zero-order valence-corrected chi connectivity index (χ0v) is 19.7. The summed E-state index contributed by atoms with van der Waals surface area (Å²) in [6.07, 6.45) is 0.296. The van der Waals surface area contributed by atoms with Gasteiger partial charge in [0.05, 0.1) is 6.04 Å². The van der Waals surface area contributed by atoms with E-state index < -0.39 is 53.8 Å². The van der Waals surface area contributed by atoms with Crippen LogP contribution >= 0.6 is 0 Å². The van der Waals surface area contributed by atoms with Gasteiger partial charge in [-0.3, -0.25) is 19.2 Å². The number of hydrogen-bond acceptors (Lipinski definition) is 6. The molecule has 0 radical (unpaired) electrons. The molecule has 0 heterocycles. The molecular formula is C23H35N5O6. The standard InChI is InChI=1S/C23H35N5O6/c1-13(2)11-18(23(33)34)28-22(32)17(12-15-7-5-4-6-8-15)27-20(30)14(3)26-21(31)16(24)9-10-19(25)29/h4-8,13-14,16-18H,9-12,24H2,1-3H3,(H2,25,29)(H,26,31)(H,27,30)(H,28,32)(H,33,34)/t14-,16-,17-,18-/m0/s1. The van der Waals surface area contributed by atoms with Crippen LogP contribution in [0, 0.1) is 5.92 Å². The monoisotopic (exact) mass is 477 g/mol. The summed E-state index contributed by atoms with van der Waals surface area (Å²) in [5, 5.41) is 17.0. The van der Waals surface area contributed by atoms with E-state index in [1.165, 1.54) is 6.92 Å². The van der Waals surface area contributed by atoms with Crippen LogP contribution in [0.5, 0.6) is 0 Å². The van der Waals surface area contributed by atoms with Crippen LogP contribution in [0.25, 0.3) is 0 Å². The molecule has 0 saturated carbocycles. The third-order valence-corrected chi connectivity index (χ3v) is 5.03. The number of rotatable bonds is 14. The van der Waals surface area contributed by atoms with Crippen molar-refractivity contribution < 1.29 is 29.1 Å². The fourth-order valence-corrected chi connectivity index (χ4v) is 3.14. The van der Waals surface area contributed by atoms with Gasteiger partial charge in [0.15, 0.2) is 0 Å². The van der Waals surface area contributed by atoms with Crippen LogP contribution in [-0.4, -0.2) is 58.9 Å². The van der Waals surface area contributed by atoms with E-state index in [2.05, 4.69) is 16.0 Å². The number of carboxylic acid groups (broad SMARTS) is 1. The lowest BCUT2D eigenvalue weighted by atomic mass is 10.0. The highest BCUT2D eigenvalue weighted by atomic mass is 16.4. The van der Waals surface area contributed by atoms with E-state index in [0.717, 1.165) is 5.56 Å². The molecule has 1 aromatic rings. The largest absolute Gasteiger partial charge is 0.480 e. The summed E-state index contributed by atoms with van der Waals surface area (Å²) in [6, 6.07) is 4.66. The Morgan fingerprint density at radius 2 is 1.47 bits per heavy atom. The van der Waals surface area contributed by atoms with Crippen LogP contribution < -0.4 is 27.4 Å². The molecule has 1 rings (SSSR count). The van der Waals surface area contributed by atoms with E-state index in [9.17, 15) is 29.1 Å². The van der Waals surface area contributed by atoms with E-state index in [1.807, 2.05) is 13.8 Å². The second-order valence-corrected chi connectivity index (χ2v) is 8.62. The Morgan fingerprint density at radius 1 is 0.882 bits per heavy atom. The lowest BCUT2D eigenvalue weighted by Gasteiger charge is -2.24. The van der Waals surface area contributed by atoms with Crippen molar-refractivity contribution in [3.05, 3.63) is 35.9 Å². The summed E-state index contributed by atoms with van der Waals surface area (Å²) in [6.45, 7) is 5.10. The number of benzene rings is 1. The molecule has 11 nitrogen and oxygen atoms in total. The van der Waals surface area contributed by atoms with Crippen LogP contribution in [0.2, 0.25) is 0 Å². The number of primary amides is 1. The number of carbonyl (C=O) groups is 5. The highest BCUT2D eigenvalue weighted by Gasteiger charge is 2.29. The Balaban J connectivity index is 2.90. The molecule has 1 aromatic carbocycles. The van der Waals surface area contributed by atoms with Gasteiger partial charge in [-0.15, -0.1) is 0 Å². The Labute approximate surface area is 199 Å². The second-order valence-electron chi connectivity index (χ2n) is 8.62. The summed E-state index contributed by atoms with van der Waals surface area (Å²) in [7, 11) is 0. The number of carboxylic acids is 1. The summed E-state index contributed by atoms with van der Waals surface area (Å²) < 4.78 is 0. The highest BCUT2D eigenvalue weighted by molar-refractivity contribution is 5.94. The first-order valence-electron chi connectivity index (χ1n) is 11.1. The van der Waals surface area contributed by atoms with Crippen molar-refractivity contribution in [3.8, 4) is 0 Å². The number of nitrogens with two attached hydrogens (primary N) is 2. The summed E-state index contributed by atoms with van der Waals surface area (Å²) in [4.78, 5) is 60.3. The number of hydrogen-bond donors (Lipinski definition) is 6. The first kappa shape index (κ1) is 28.6. The molecule has 0 spiro atoms. The van der Waals surface area contributed by atoms with Crippen LogP contribution in [0.15, 0.2) is 30.3 Å². The molecule has 0 saturated heterocycles. The zero-order valence-electron chi connectivity index (χ0n) is 19.7. The van der Waals surface area contributed by atoms with Gasteiger partial charge in [0.1, 0.15) is 18.1 Å². The first-order chi connectivity index (χ1) is 15.9. The molecule has 0 aliphatic heterocycles. The fourth-order valence-electron chi connectivity index (χ4n) is 3.14. The van der Waals surface area contributed by atoms with Crippen molar-refractivity contribution >= 4 is 29.6 Å². The average Bonchev–Trinajstić information content (AvgIpc) is 2.76. The molecule has 0 aliphatic carbocycles. The Kier molecular flexibility index (Phi) is 11.7. The van der Waals surface area contributed by atoms with Gasteiger partial charge in [-0.2, -0.15) is 0 Å². The maximum Gasteiger partial charge on any atom is 0.326 e. The van der Waals surface area contributed by atoms with Gasteiger partial charge in [0, 0.05) is 12.8 Å². The van der Waals surface area contributed by atoms with E-state index in [1.54, 1.807) is 30.3 Å². The number of amides is 4. The van der Waals surface area contributed by atoms with Crippen molar-refractivity contribution in [1.82, 2.24) is 16.0 Å². The minimum Gasteiger partial charge on any atom is -0.480 e. The highest BCUT2D eigenvalue weighted by Crippen LogP contribution is 2.08. The van der Waals surface area contributed by atoms with Gasteiger partial charge < -0.3 is 32.5 Å². The maximum atomic E-state index is 12.9. The second kappa shape index (κ2) is 13.9. The van der Waals surface area contributed by atoms with Crippen LogP contribution in [0.3, 0.4) is 0 Å². The molecule has 0 bridgehead atoms. The SMILES string of the molecule is CC(C)C[C@H](NC(=O)[C@H](Cc1ccccc1)NC(=O)[C@H](C)NC(=O)[C@@H](N)CCC(N)=O)C(=O)O. The molecule has 0 unspecified atom stereocenters. The minimum absolute atomic E-state index is 0.0255. The quantitative estimate of drug-likeness (QED) is 0.206. The lowest BCUT2D eigenvalue weighted by molar-refractivity contribution is -0.142. The Morgan fingerprint density at radius 3 is 2.00 bits per heavy atom. The molecule has 4 amide bonds. The summed E-state index contributed by atoms with van der Waals surface area (Å²) >= 11 is 0. The maximum absolute atomic E-state index is 12.9. The number of carbonyl (C=O) groups excluding carboxylic acids is 4. The molecule has 0 aromatic heterocycles. The van der Waals surface area contributed by atoms with Crippen LogP contribution in [-0.2, 0) is 30.4 Å². The van der Waals surface area contributed by atoms with Crippen LogP contribution in [0.1, 0.15) is 45.6 Å². The van der Waals surface area contributed by atoms with Gasteiger partial charge in [0.25, 0.3) is 0 Å². The number of nitrogens with one attached hydrogen (secondary N) is 3. The van der Waals surface area contributed by atoms with Crippen molar-refractivity contribution in [2.24, 2.45) is 17.4 Å². The van der Waals surface area contributed by atoms with Crippen molar-refractivity contribution in [2.75, 3.05) is 0 Å². The third kappa shape index (κ3) is 10.4. The molecule has 4 atom stereocenters. The molecule has 0 aliphatic rings. The molecular weight excluding hydrogens is 442 g/mol. The van der Waals surface area contributed by atoms with Crippen molar-refractivity contribution in [3.63, 3.8) is 0 Å². The van der Waals surface area contributed by atoms with E-state index in [0.29, 0.717) is 0 Å². The lowest BCUT2D eigenvalue weighted by Crippen LogP contribution is -2.57. The molecule has 0 fully saturated rings. The smallest absolute Gasteiger partial charge is 0.326 e. The van der Waals surface area contributed by atoms with Gasteiger partial charge in [-0.05, 0) is 31.2 Å². The van der Waals surface area contributed by atoms with Crippen LogP contribution in [0.4, 0.5) is 0 Å². The van der Waals surface area contributed by atoms with Crippen molar-refractivity contribution in [1.29, 1.82) is 0 Å². The molecule has 188 valence electrons. The predicted molar refractivity (Wildman–Crippen MR) is 125 cm³/mol. The Bertz CT molecular complexity index is 861. The minimum atomic E-state index is -1.17. The molecule has 11 heteroatoms. The van der Waals surface area contributed by atoms with Crippen molar-refractivity contribution in [2.45, 2.75) is 70.6 Å². The summed E-state index contributed by atoms with van der Waals surface area (Å²) in [5.74, 6) is -3.68. The Hall–Kier alpha value is -3.47. The predicted octanol–water partition coefficient (Wildman–Crippen LogP) is -0.573. The topological polar surface area (TPSA) is 194 Å². The van der Waals surface area contributed by atoms with Gasteiger partial charge >= 0.3 is 5.97 Å². The zero-order chi connectivity index (χ0) is 25.8. The summed E-state index contributed by atoms with van der Waals surface area (Å²) in [5.41, 5.74) is 11.5. The molecule has 34 heavy (non-hydrogen) atoms.